The predicted octanol–water partition coefficient (Wildman–Crippen LogP) is 5.71. The van der Waals surface area contributed by atoms with E-state index in [1.165, 1.54) is 22.7 Å². The number of unbranched alkanes of at least 4 members (excludes halogenated alkanes) is 6. The van der Waals surface area contributed by atoms with E-state index in [0.717, 1.165) is 71.5 Å². The molecule has 8 heteroatoms. The maximum atomic E-state index is 12.5. The number of hydrogen-bond acceptors (Lipinski definition) is 8. The molecule has 0 atom stereocenters. The van der Waals surface area contributed by atoms with Gasteiger partial charge in [0.25, 0.3) is 0 Å². The Morgan fingerprint density at radius 1 is 0.694 bits per heavy atom. The number of thiophene rings is 2. The Labute approximate surface area is 219 Å². The van der Waals surface area contributed by atoms with Gasteiger partial charge in [0.2, 0.25) is 0 Å². The lowest BCUT2D eigenvalue weighted by Crippen LogP contribution is -2.13. The van der Waals surface area contributed by atoms with Gasteiger partial charge in [0.15, 0.2) is 11.1 Å². The molecule has 0 saturated heterocycles. The van der Waals surface area contributed by atoms with Crippen LogP contribution in [0, 0.1) is 22.7 Å². The zero-order valence-corrected chi connectivity index (χ0v) is 22.4. The number of nitrogens with zero attached hydrogens (tertiary/aromatic N) is 2. The summed E-state index contributed by atoms with van der Waals surface area (Å²) in [5.74, 6) is -1.18. The monoisotopic (exact) mass is 522 g/mol. The third-order valence-electron chi connectivity index (χ3n) is 5.74. The van der Waals surface area contributed by atoms with Gasteiger partial charge in [-0.15, -0.1) is 22.7 Å². The van der Waals surface area contributed by atoms with E-state index >= 15 is 0 Å². The third kappa shape index (κ3) is 6.94. The lowest BCUT2D eigenvalue weighted by Gasteiger charge is -2.02. The minimum Gasteiger partial charge on any atom is -0.462 e. The van der Waals surface area contributed by atoms with E-state index in [0.29, 0.717) is 22.3 Å². The molecule has 188 valence electrons. The zero-order chi connectivity index (χ0) is 25.9. The molecule has 6 nitrogen and oxygen atoms in total. The van der Waals surface area contributed by atoms with Crippen molar-refractivity contribution in [1.82, 2.24) is 0 Å². The van der Waals surface area contributed by atoms with Crippen LogP contribution < -0.4 is 9.06 Å². The molecule has 1 aromatic carbocycles. The van der Waals surface area contributed by atoms with Gasteiger partial charge in [-0.2, -0.15) is 10.5 Å². The second-order valence-electron chi connectivity index (χ2n) is 8.52. The molecule has 0 radical (unpaired) electrons. The van der Waals surface area contributed by atoms with Gasteiger partial charge in [0, 0.05) is 9.40 Å². The molecule has 0 N–H and O–H groups in total. The molecule has 0 aliphatic rings. The summed E-state index contributed by atoms with van der Waals surface area (Å²) < 4.78 is 13.6. The van der Waals surface area contributed by atoms with Crippen LogP contribution in [0.5, 0.6) is 0 Å². The molecule has 0 aliphatic carbocycles. The Morgan fingerprint density at radius 2 is 1.11 bits per heavy atom. The van der Waals surface area contributed by atoms with Crippen LogP contribution in [0.3, 0.4) is 0 Å². The summed E-state index contributed by atoms with van der Waals surface area (Å²) >= 11 is 2.70. The highest BCUT2D eigenvalue weighted by atomic mass is 32.1. The highest BCUT2D eigenvalue weighted by Gasteiger charge is 2.16. The summed E-state index contributed by atoms with van der Waals surface area (Å²) in [6.45, 7) is 4.86. The number of hydrogen-bond donors (Lipinski definition) is 0. The van der Waals surface area contributed by atoms with Crippen molar-refractivity contribution in [2.45, 2.75) is 65.2 Å². The number of rotatable bonds is 12. The number of fused-ring (bicyclic) bond motifs is 2. The molecular formula is C28H30N2O4S2. The average Bonchev–Trinajstić information content (AvgIpc) is 3.46. The number of esters is 2. The highest BCUT2D eigenvalue weighted by Crippen LogP contribution is 2.27. The van der Waals surface area contributed by atoms with E-state index < -0.39 is 11.9 Å². The maximum absolute atomic E-state index is 12.5. The molecule has 0 unspecified atom stereocenters. The number of benzene rings is 1. The molecule has 0 fully saturated rings. The Bertz CT molecular complexity index is 1270. The van der Waals surface area contributed by atoms with Gasteiger partial charge in [-0.25, -0.2) is 9.59 Å². The van der Waals surface area contributed by atoms with E-state index in [1.807, 2.05) is 36.4 Å². The second kappa shape index (κ2) is 13.8. The van der Waals surface area contributed by atoms with Crippen molar-refractivity contribution in [2.75, 3.05) is 13.2 Å². The van der Waals surface area contributed by atoms with Crippen LogP contribution in [0.15, 0.2) is 24.3 Å². The molecule has 0 aliphatic heterocycles. The van der Waals surface area contributed by atoms with Crippen molar-refractivity contribution in [1.29, 1.82) is 10.5 Å². The lowest BCUT2D eigenvalue weighted by atomic mass is 10.2. The Kier molecular flexibility index (Phi) is 10.5. The fourth-order valence-electron chi connectivity index (χ4n) is 3.75. The van der Waals surface area contributed by atoms with Crippen molar-refractivity contribution in [3.05, 3.63) is 33.3 Å². The number of ether oxygens (including phenoxy) is 2. The van der Waals surface area contributed by atoms with Crippen LogP contribution in [-0.4, -0.2) is 25.2 Å². The summed E-state index contributed by atoms with van der Waals surface area (Å²) in [5, 5.41) is 20.9. The van der Waals surface area contributed by atoms with E-state index in [9.17, 15) is 20.1 Å². The standard InChI is InChI=1S/C28H30N2O4S2/c1-3-5-7-9-11-33-27(31)21(17-29)25-15-19-13-24-20(14-23(19)35-25)16-26(36-24)22(18-30)28(32)34-12-10-8-6-4-2/h13-16H,3-12H2,1-2H3/b25-21-,26-22-. The summed E-state index contributed by atoms with van der Waals surface area (Å²) in [4.78, 5) is 24.9. The summed E-state index contributed by atoms with van der Waals surface area (Å²) in [7, 11) is 0. The van der Waals surface area contributed by atoms with Gasteiger partial charge in [0.05, 0.1) is 22.3 Å². The molecule has 0 bridgehead atoms. The van der Waals surface area contributed by atoms with Crippen molar-refractivity contribution in [3.8, 4) is 12.1 Å². The van der Waals surface area contributed by atoms with Gasteiger partial charge in [-0.05, 0) is 47.9 Å². The normalized spacial score (nSPS) is 12.7. The Hall–Kier alpha value is -3.20. The zero-order valence-electron chi connectivity index (χ0n) is 20.7. The number of carbonyl (C=O) groups excluding carboxylic acids is 2. The minimum absolute atomic E-state index is 0.0116. The van der Waals surface area contributed by atoms with Crippen molar-refractivity contribution < 1.29 is 19.1 Å². The molecule has 0 spiro atoms. The molecule has 2 heterocycles. The summed E-state index contributed by atoms with van der Waals surface area (Å²) in [6, 6.07) is 11.5. The fraction of sp³-hybridized carbons (Fsp3) is 0.429. The van der Waals surface area contributed by atoms with E-state index in [1.54, 1.807) is 0 Å². The van der Waals surface area contributed by atoms with E-state index in [-0.39, 0.29) is 11.1 Å². The molecule has 3 rings (SSSR count). The molecule has 36 heavy (non-hydrogen) atoms. The van der Waals surface area contributed by atoms with Crippen molar-refractivity contribution >= 4 is 65.9 Å². The molecular weight excluding hydrogens is 492 g/mol. The maximum Gasteiger partial charge on any atom is 0.350 e. The number of nitriles is 2. The third-order valence-corrected chi connectivity index (χ3v) is 7.97. The van der Waals surface area contributed by atoms with E-state index in [4.69, 9.17) is 9.47 Å². The van der Waals surface area contributed by atoms with Crippen LogP contribution in [0.4, 0.5) is 0 Å². The predicted molar refractivity (Wildman–Crippen MR) is 145 cm³/mol. The summed E-state index contributed by atoms with van der Waals surface area (Å²) in [5.41, 5.74) is 0.0232. The highest BCUT2D eigenvalue weighted by molar-refractivity contribution is 7.19. The largest absolute Gasteiger partial charge is 0.462 e. The van der Waals surface area contributed by atoms with Crippen LogP contribution in [-0.2, 0) is 19.1 Å². The van der Waals surface area contributed by atoms with Gasteiger partial charge >= 0.3 is 11.9 Å². The second-order valence-corrected chi connectivity index (χ2v) is 10.7. The van der Waals surface area contributed by atoms with Gasteiger partial charge in [-0.3, -0.25) is 0 Å². The first-order valence-electron chi connectivity index (χ1n) is 12.4. The van der Waals surface area contributed by atoms with Gasteiger partial charge in [-0.1, -0.05) is 52.4 Å². The van der Waals surface area contributed by atoms with Crippen LogP contribution in [0.25, 0.3) is 31.3 Å². The first kappa shape index (κ1) is 27.4. The number of carbonyl (C=O) groups is 2. The van der Waals surface area contributed by atoms with E-state index in [2.05, 4.69) is 13.8 Å². The molecule has 3 aromatic rings. The van der Waals surface area contributed by atoms with Crippen LogP contribution in [0.1, 0.15) is 65.2 Å². The average molecular weight is 523 g/mol. The topological polar surface area (TPSA) is 100 Å². The SMILES string of the molecule is CCCCCCOC(=O)/C(C#N)=c1/cc2cc3s/c(=C(/C#N)C(=O)OCCCCCC)cc3cc2s1. The van der Waals surface area contributed by atoms with Crippen molar-refractivity contribution in [2.24, 2.45) is 0 Å². The molecule has 0 amide bonds. The van der Waals surface area contributed by atoms with Gasteiger partial charge < -0.3 is 9.47 Å². The molecule has 0 saturated carbocycles. The van der Waals surface area contributed by atoms with Crippen molar-refractivity contribution in [3.63, 3.8) is 0 Å². The lowest BCUT2D eigenvalue weighted by molar-refractivity contribution is -0.137. The van der Waals surface area contributed by atoms with Crippen LogP contribution in [0.2, 0.25) is 0 Å². The van der Waals surface area contributed by atoms with Gasteiger partial charge in [0.1, 0.15) is 12.1 Å². The Balaban J connectivity index is 1.85. The minimum atomic E-state index is -0.592. The van der Waals surface area contributed by atoms with Crippen LogP contribution >= 0.6 is 22.7 Å². The smallest absolute Gasteiger partial charge is 0.350 e. The Morgan fingerprint density at radius 3 is 1.47 bits per heavy atom. The summed E-state index contributed by atoms with van der Waals surface area (Å²) in [6.07, 6.45) is 7.95. The molecule has 2 aromatic heterocycles. The fourth-order valence-corrected chi connectivity index (χ4v) is 5.90. The first-order chi connectivity index (χ1) is 17.5. The quantitative estimate of drug-likeness (QED) is 0.223. The first-order valence-corrected chi connectivity index (χ1v) is 14.0.